The number of hydrogen-bond donors (Lipinski definition) is 2. The molecule has 54 valence electrons. The van der Waals surface area contributed by atoms with E-state index in [1.807, 2.05) is 0 Å². The Balaban J connectivity index is 2.41. The van der Waals surface area contributed by atoms with Gasteiger partial charge in [-0.15, -0.1) is 0 Å². The Bertz CT molecular complexity index is 89.0. The van der Waals surface area contributed by atoms with Gasteiger partial charge in [0.25, 0.3) is 0 Å². The fourth-order valence-electron chi connectivity index (χ4n) is 0.871. The van der Waals surface area contributed by atoms with Crippen LogP contribution in [0.25, 0.3) is 0 Å². The monoisotopic (exact) mass is 136 g/mol. The van der Waals surface area contributed by atoms with Crippen molar-refractivity contribution in [1.82, 2.24) is 5.32 Å². The molecule has 0 spiro atoms. The van der Waals surface area contributed by atoms with Gasteiger partial charge in [0.15, 0.2) is 6.30 Å². The van der Waals surface area contributed by atoms with Crippen LogP contribution in [0.1, 0.15) is 6.42 Å². The summed E-state index contributed by atoms with van der Waals surface area (Å²) >= 11 is 0. The maximum Gasteiger partial charge on any atom is 0.169 e. The minimum atomic E-state index is -1.37. The molecule has 1 rings (SSSR count). The van der Waals surface area contributed by atoms with Crippen molar-refractivity contribution in [3.63, 3.8) is 0 Å². The molecule has 1 aliphatic rings. The predicted molar refractivity (Wildman–Crippen MR) is 30.4 cm³/mol. The van der Waals surface area contributed by atoms with E-state index in [2.05, 4.69) is 5.32 Å². The molecule has 2 nitrogen and oxygen atoms in total. The van der Waals surface area contributed by atoms with E-state index in [1.165, 1.54) is 0 Å². The first-order valence-corrected chi connectivity index (χ1v) is 2.99. The molecular formula is C5H10F2N2. The summed E-state index contributed by atoms with van der Waals surface area (Å²) in [5.41, 5.74) is 5.11. The third kappa shape index (κ3) is 1.37. The summed E-state index contributed by atoms with van der Waals surface area (Å²) in [7, 11) is 0. The zero-order valence-corrected chi connectivity index (χ0v) is 4.98. The molecule has 3 unspecified atom stereocenters. The van der Waals surface area contributed by atoms with Gasteiger partial charge < -0.3 is 5.73 Å². The average Bonchev–Trinajstić information content (AvgIpc) is 1.83. The van der Waals surface area contributed by atoms with Crippen LogP contribution in [0, 0.1) is 0 Å². The van der Waals surface area contributed by atoms with E-state index in [4.69, 9.17) is 5.73 Å². The highest BCUT2D eigenvalue weighted by Gasteiger charge is 2.29. The van der Waals surface area contributed by atoms with Crippen molar-refractivity contribution in [3.8, 4) is 0 Å². The molecule has 0 radical (unpaired) electrons. The number of halogens is 2. The van der Waals surface area contributed by atoms with E-state index in [1.54, 1.807) is 0 Å². The summed E-state index contributed by atoms with van der Waals surface area (Å²) in [6.45, 7) is 0.385. The molecule has 4 heteroatoms. The maximum atomic E-state index is 12.4. The van der Waals surface area contributed by atoms with Crippen molar-refractivity contribution in [2.24, 2.45) is 5.73 Å². The molecule has 0 aromatic heterocycles. The van der Waals surface area contributed by atoms with Crippen LogP contribution in [0.2, 0.25) is 0 Å². The number of alkyl halides is 2. The van der Waals surface area contributed by atoms with Crippen LogP contribution in [-0.2, 0) is 0 Å². The molecule has 1 aliphatic heterocycles. The SMILES string of the molecule is NC1C(F)CCNC1F. The summed E-state index contributed by atoms with van der Waals surface area (Å²) in [5.74, 6) is 0. The highest BCUT2D eigenvalue weighted by Crippen LogP contribution is 2.11. The fraction of sp³-hybridized carbons (Fsp3) is 1.00. The number of nitrogens with two attached hydrogens (primary N) is 1. The van der Waals surface area contributed by atoms with Gasteiger partial charge in [-0.25, -0.2) is 8.78 Å². The van der Waals surface area contributed by atoms with Gasteiger partial charge in [-0.05, 0) is 6.42 Å². The van der Waals surface area contributed by atoms with Crippen molar-refractivity contribution in [2.45, 2.75) is 24.9 Å². The van der Waals surface area contributed by atoms with Crippen molar-refractivity contribution in [1.29, 1.82) is 0 Å². The standard InChI is InChI=1S/C5H10F2N2/c6-3-1-2-9-5(7)4(3)8/h3-5,9H,1-2,8H2. The van der Waals surface area contributed by atoms with E-state index in [0.717, 1.165) is 0 Å². The van der Waals surface area contributed by atoms with Gasteiger partial charge in [0.05, 0.1) is 6.04 Å². The predicted octanol–water partition coefficient (Wildman–Crippen LogP) is -0.0593. The third-order valence-corrected chi connectivity index (χ3v) is 1.52. The Kier molecular flexibility index (Phi) is 1.97. The number of hydrogen-bond acceptors (Lipinski definition) is 2. The lowest BCUT2D eigenvalue weighted by Crippen LogP contribution is -2.53. The minimum absolute atomic E-state index is 0.321. The van der Waals surface area contributed by atoms with Crippen molar-refractivity contribution in [2.75, 3.05) is 6.54 Å². The quantitative estimate of drug-likeness (QED) is 0.458. The second kappa shape index (κ2) is 2.58. The molecule has 0 amide bonds. The maximum absolute atomic E-state index is 12.4. The molecule has 0 saturated carbocycles. The first-order chi connectivity index (χ1) is 4.22. The first-order valence-electron chi connectivity index (χ1n) is 2.99. The topological polar surface area (TPSA) is 38.0 Å². The molecule has 1 saturated heterocycles. The largest absolute Gasteiger partial charge is 0.322 e. The summed E-state index contributed by atoms with van der Waals surface area (Å²) < 4.78 is 24.8. The van der Waals surface area contributed by atoms with E-state index in [-0.39, 0.29) is 0 Å². The van der Waals surface area contributed by atoms with Gasteiger partial charge in [0.2, 0.25) is 0 Å². The lowest BCUT2D eigenvalue weighted by molar-refractivity contribution is 0.113. The van der Waals surface area contributed by atoms with Gasteiger partial charge >= 0.3 is 0 Å². The van der Waals surface area contributed by atoms with Crippen molar-refractivity contribution < 1.29 is 8.78 Å². The third-order valence-electron chi connectivity index (χ3n) is 1.52. The van der Waals surface area contributed by atoms with Gasteiger partial charge in [0.1, 0.15) is 6.17 Å². The highest BCUT2D eigenvalue weighted by atomic mass is 19.1. The Morgan fingerprint density at radius 3 is 2.56 bits per heavy atom. The van der Waals surface area contributed by atoms with Crippen LogP contribution in [0.4, 0.5) is 8.78 Å². The molecule has 9 heavy (non-hydrogen) atoms. The second-order valence-electron chi connectivity index (χ2n) is 2.24. The van der Waals surface area contributed by atoms with E-state index >= 15 is 0 Å². The summed E-state index contributed by atoms with van der Waals surface area (Å²) in [4.78, 5) is 0. The molecule has 0 bridgehead atoms. The van der Waals surface area contributed by atoms with Gasteiger partial charge in [0, 0.05) is 6.54 Å². The number of rotatable bonds is 0. The molecule has 1 fully saturated rings. The Morgan fingerprint density at radius 1 is 1.44 bits per heavy atom. The Hall–Kier alpha value is -0.220. The zero-order valence-electron chi connectivity index (χ0n) is 4.98. The number of piperidine rings is 1. The second-order valence-corrected chi connectivity index (χ2v) is 2.24. The Morgan fingerprint density at radius 2 is 2.11 bits per heavy atom. The van der Waals surface area contributed by atoms with Gasteiger partial charge in [-0.1, -0.05) is 0 Å². The van der Waals surface area contributed by atoms with Crippen LogP contribution in [0.5, 0.6) is 0 Å². The van der Waals surface area contributed by atoms with E-state index < -0.39 is 18.5 Å². The summed E-state index contributed by atoms with van der Waals surface area (Å²) in [6, 6.07) is -0.973. The molecular weight excluding hydrogens is 126 g/mol. The van der Waals surface area contributed by atoms with Gasteiger partial charge in [-0.3, -0.25) is 5.32 Å². The van der Waals surface area contributed by atoms with Crippen LogP contribution < -0.4 is 11.1 Å². The molecule has 1 heterocycles. The number of nitrogens with one attached hydrogen (secondary N) is 1. The fourth-order valence-corrected chi connectivity index (χ4v) is 0.871. The smallest absolute Gasteiger partial charge is 0.169 e. The molecule has 0 aromatic carbocycles. The molecule has 0 aromatic rings. The average molecular weight is 136 g/mol. The van der Waals surface area contributed by atoms with Gasteiger partial charge in [-0.2, -0.15) is 0 Å². The van der Waals surface area contributed by atoms with Crippen molar-refractivity contribution >= 4 is 0 Å². The van der Waals surface area contributed by atoms with E-state index in [9.17, 15) is 8.78 Å². The molecule has 3 atom stereocenters. The minimum Gasteiger partial charge on any atom is -0.322 e. The molecule has 3 N–H and O–H groups in total. The van der Waals surface area contributed by atoms with Crippen LogP contribution in [0.3, 0.4) is 0 Å². The van der Waals surface area contributed by atoms with Crippen LogP contribution in [0.15, 0.2) is 0 Å². The zero-order chi connectivity index (χ0) is 6.85. The van der Waals surface area contributed by atoms with E-state index in [0.29, 0.717) is 13.0 Å². The van der Waals surface area contributed by atoms with Crippen molar-refractivity contribution in [3.05, 3.63) is 0 Å². The van der Waals surface area contributed by atoms with Crippen LogP contribution in [-0.4, -0.2) is 25.1 Å². The summed E-state index contributed by atoms with van der Waals surface area (Å²) in [6.07, 6.45) is -2.23. The van der Waals surface area contributed by atoms with Crippen LogP contribution >= 0.6 is 0 Å². The Labute approximate surface area is 52.4 Å². The normalized spacial score (nSPS) is 45.0. The highest BCUT2D eigenvalue weighted by molar-refractivity contribution is 4.83. The lowest BCUT2D eigenvalue weighted by Gasteiger charge is -2.26. The lowest BCUT2D eigenvalue weighted by atomic mass is 10.1. The molecule has 0 aliphatic carbocycles. The summed E-state index contributed by atoms with van der Waals surface area (Å²) in [5, 5.41) is 2.43. The first kappa shape index (κ1) is 6.89.